The number of para-hydroxylation sites is 4. The second-order valence-corrected chi connectivity index (χ2v) is 18.8. The predicted molar refractivity (Wildman–Crippen MR) is 276 cm³/mol. The van der Waals surface area contributed by atoms with Gasteiger partial charge in [0.25, 0.3) is 0 Å². The lowest BCUT2D eigenvalue weighted by Crippen LogP contribution is -2.43. The van der Waals surface area contributed by atoms with Crippen molar-refractivity contribution in [2.45, 2.75) is 10.8 Å². The second-order valence-electron chi connectivity index (χ2n) is 18.8. The summed E-state index contributed by atoms with van der Waals surface area (Å²) in [4.78, 5) is 10.7. The Labute approximate surface area is 391 Å². The van der Waals surface area contributed by atoms with E-state index in [4.69, 9.17) is 9.97 Å². The predicted octanol–water partition coefficient (Wildman–Crippen LogP) is 14.8. The Bertz CT molecular complexity index is 4260. The van der Waals surface area contributed by atoms with E-state index < -0.39 is 10.8 Å². The molecule has 10 aromatic carbocycles. The van der Waals surface area contributed by atoms with Gasteiger partial charge in [0.05, 0.1) is 38.4 Å². The van der Waals surface area contributed by atoms with Gasteiger partial charge in [-0.05, 0) is 120 Å². The van der Waals surface area contributed by atoms with Crippen molar-refractivity contribution in [1.29, 1.82) is 0 Å². The monoisotopic (exact) mass is 862 g/mol. The molecule has 0 saturated heterocycles. The van der Waals surface area contributed by atoms with Gasteiger partial charge in [-0.25, -0.2) is 9.97 Å². The molecule has 2 spiro atoms. The summed E-state index contributed by atoms with van der Waals surface area (Å²) in [6.07, 6.45) is 0. The summed E-state index contributed by atoms with van der Waals surface area (Å²) in [5.41, 5.74) is 23.0. The standard InChI is InChI=1S/C64H38N4/c1-7-23-48-41(17-1)42-18-2-8-24-49(42)63(48)52-27-11-12-28-53(52)64(50-25-9-3-19-43(50)44-20-4-10-26-51(44)64)55-37-39(34-36-54(55)63)40-33-35-46-45-21-6-15-31-58(45)67(60(46)38-40)62-66-56-29-13-5-22-47(56)61-65-57-30-14-16-32-59(57)68(61)62/h1-38H. The molecule has 0 amide bonds. The SMILES string of the molecule is c1ccc2c(c1)-c1ccccc1C21c2ccccc2C2(c3ccccc3-c3ccccc32)c2cc(-c3ccc4c5ccccc5n(-c5nc6ccccc6c6nc7ccccc7n56)c4c3)ccc21. The van der Waals surface area contributed by atoms with Crippen molar-refractivity contribution in [2.24, 2.45) is 0 Å². The van der Waals surface area contributed by atoms with Crippen LogP contribution in [0.1, 0.15) is 44.5 Å². The Hall–Kier alpha value is -8.86. The number of hydrogen-bond acceptors (Lipinski definition) is 2. The van der Waals surface area contributed by atoms with Crippen molar-refractivity contribution in [3.8, 4) is 39.3 Å². The van der Waals surface area contributed by atoms with E-state index in [1.54, 1.807) is 0 Å². The van der Waals surface area contributed by atoms with E-state index in [2.05, 4.69) is 239 Å². The van der Waals surface area contributed by atoms with Gasteiger partial charge in [-0.2, -0.15) is 0 Å². The van der Waals surface area contributed by atoms with Gasteiger partial charge in [0.2, 0.25) is 5.95 Å². The van der Waals surface area contributed by atoms with Crippen molar-refractivity contribution >= 4 is 49.4 Å². The van der Waals surface area contributed by atoms with Gasteiger partial charge in [-0.15, -0.1) is 0 Å². The van der Waals surface area contributed by atoms with Crippen molar-refractivity contribution in [2.75, 3.05) is 0 Å². The van der Waals surface area contributed by atoms with Gasteiger partial charge in [0.15, 0.2) is 0 Å². The zero-order valence-electron chi connectivity index (χ0n) is 36.7. The molecule has 0 fully saturated rings. The van der Waals surface area contributed by atoms with E-state index in [1.165, 1.54) is 83.1 Å². The third-order valence-electron chi connectivity index (χ3n) is 15.8. The quantitative estimate of drug-likeness (QED) is 0.174. The summed E-state index contributed by atoms with van der Waals surface area (Å²) in [6.45, 7) is 0. The van der Waals surface area contributed by atoms with Crippen LogP contribution in [0.4, 0.5) is 0 Å². The highest BCUT2D eigenvalue weighted by Gasteiger charge is 2.59. The van der Waals surface area contributed by atoms with E-state index in [1.807, 2.05) is 0 Å². The fourth-order valence-corrected chi connectivity index (χ4v) is 13.3. The van der Waals surface area contributed by atoms with Gasteiger partial charge < -0.3 is 0 Å². The molecule has 68 heavy (non-hydrogen) atoms. The molecule has 3 heterocycles. The van der Waals surface area contributed by atoms with Crippen LogP contribution in [0.15, 0.2) is 231 Å². The van der Waals surface area contributed by atoms with E-state index >= 15 is 0 Å². The molecular weight excluding hydrogens is 825 g/mol. The molecule has 0 bridgehead atoms. The molecule has 3 aliphatic rings. The second kappa shape index (κ2) is 12.9. The van der Waals surface area contributed by atoms with Crippen LogP contribution in [-0.2, 0) is 10.8 Å². The first-order chi connectivity index (χ1) is 33.7. The molecular formula is C64H38N4. The number of nitrogens with zero attached hydrogens (tertiary/aromatic N) is 4. The number of imidazole rings is 1. The average molecular weight is 863 g/mol. The summed E-state index contributed by atoms with van der Waals surface area (Å²) in [5.74, 6) is 0.816. The number of fused-ring (bicyclic) bond motifs is 24. The lowest BCUT2D eigenvalue weighted by molar-refractivity contribution is 0.633. The van der Waals surface area contributed by atoms with E-state index in [0.29, 0.717) is 0 Å². The Morgan fingerprint density at radius 3 is 1.37 bits per heavy atom. The molecule has 13 aromatic rings. The minimum Gasteiger partial charge on any atom is -0.279 e. The normalized spacial score (nSPS) is 14.4. The summed E-state index contributed by atoms with van der Waals surface area (Å²) >= 11 is 0. The molecule has 4 nitrogen and oxygen atoms in total. The smallest absolute Gasteiger partial charge is 0.221 e. The van der Waals surface area contributed by atoms with E-state index in [9.17, 15) is 0 Å². The summed E-state index contributed by atoms with van der Waals surface area (Å²) in [7, 11) is 0. The van der Waals surface area contributed by atoms with Gasteiger partial charge in [-0.3, -0.25) is 8.97 Å². The minimum atomic E-state index is -0.574. The van der Waals surface area contributed by atoms with Crippen molar-refractivity contribution in [1.82, 2.24) is 18.9 Å². The van der Waals surface area contributed by atoms with Crippen molar-refractivity contribution < 1.29 is 0 Å². The minimum absolute atomic E-state index is 0.535. The number of rotatable bonds is 2. The highest BCUT2D eigenvalue weighted by atomic mass is 15.2. The van der Waals surface area contributed by atoms with Crippen LogP contribution in [0.3, 0.4) is 0 Å². The molecule has 0 atom stereocenters. The zero-order valence-corrected chi connectivity index (χ0v) is 36.7. The molecule has 0 unspecified atom stereocenters. The summed E-state index contributed by atoms with van der Waals surface area (Å²) < 4.78 is 4.62. The maximum absolute atomic E-state index is 5.50. The maximum atomic E-state index is 5.50. The first kappa shape index (κ1) is 36.4. The van der Waals surface area contributed by atoms with Gasteiger partial charge >= 0.3 is 0 Å². The van der Waals surface area contributed by atoms with Crippen molar-refractivity contribution in [3.05, 3.63) is 275 Å². The van der Waals surface area contributed by atoms with E-state index in [0.717, 1.165) is 50.1 Å². The molecule has 4 heteroatoms. The maximum Gasteiger partial charge on any atom is 0.221 e. The molecule has 0 radical (unpaired) electrons. The fraction of sp³-hybridized carbons (Fsp3) is 0.0312. The summed E-state index contributed by atoms with van der Waals surface area (Å²) in [6, 6.07) is 85.9. The van der Waals surface area contributed by atoms with Gasteiger partial charge in [-0.1, -0.05) is 188 Å². The van der Waals surface area contributed by atoms with Crippen LogP contribution in [-0.4, -0.2) is 18.9 Å². The number of benzene rings is 10. The molecule has 314 valence electrons. The third-order valence-corrected chi connectivity index (χ3v) is 15.8. The highest BCUT2D eigenvalue weighted by Crippen LogP contribution is 2.67. The average Bonchev–Trinajstić information content (AvgIpc) is 4.13. The largest absolute Gasteiger partial charge is 0.279 e. The van der Waals surface area contributed by atoms with Crippen LogP contribution < -0.4 is 0 Å². The molecule has 3 aromatic heterocycles. The fourth-order valence-electron chi connectivity index (χ4n) is 13.3. The molecule has 0 N–H and O–H groups in total. The van der Waals surface area contributed by atoms with Crippen LogP contribution in [0.25, 0.3) is 88.7 Å². The van der Waals surface area contributed by atoms with Crippen LogP contribution in [0.5, 0.6) is 0 Å². The highest BCUT2D eigenvalue weighted by molar-refractivity contribution is 6.11. The molecule has 16 rings (SSSR count). The van der Waals surface area contributed by atoms with Crippen LogP contribution >= 0.6 is 0 Å². The number of hydrogen-bond donors (Lipinski definition) is 0. The molecule has 3 aliphatic carbocycles. The first-order valence-electron chi connectivity index (χ1n) is 23.6. The lowest BCUT2D eigenvalue weighted by Gasteiger charge is -2.49. The van der Waals surface area contributed by atoms with Crippen molar-refractivity contribution in [3.63, 3.8) is 0 Å². The van der Waals surface area contributed by atoms with E-state index in [-0.39, 0.29) is 0 Å². The Balaban J connectivity index is 1.03. The number of aromatic nitrogens is 4. The topological polar surface area (TPSA) is 35.1 Å². The van der Waals surface area contributed by atoms with Crippen LogP contribution in [0, 0.1) is 0 Å². The molecule has 0 saturated carbocycles. The molecule has 0 aliphatic heterocycles. The Morgan fingerprint density at radius 1 is 0.294 bits per heavy atom. The van der Waals surface area contributed by atoms with Crippen LogP contribution in [0.2, 0.25) is 0 Å². The first-order valence-corrected chi connectivity index (χ1v) is 23.6. The third kappa shape index (κ3) is 4.28. The Morgan fingerprint density at radius 2 is 0.735 bits per heavy atom. The van der Waals surface area contributed by atoms with Gasteiger partial charge in [0.1, 0.15) is 5.65 Å². The Kier molecular flexibility index (Phi) is 6.92. The lowest BCUT2D eigenvalue weighted by atomic mass is 9.52. The zero-order chi connectivity index (χ0) is 44.3. The van der Waals surface area contributed by atoms with Gasteiger partial charge in [0, 0.05) is 16.2 Å². The summed E-state index contributed by atoms with van der Waals surface area (Å²) in [5, 5.41) is 3.39.